The highest BCUT2D eigenvalue weighted by atomic mass is 19.4. The van der Waals surface area contributed by atoms with Gasteiger partial charge in [-0.2, -0.15) is 26.3 Å². The average Bonchev–Trinajstić information content (AvgIpc) is 2.32. The molecule has 0 aromatic rings. The molecule has 0 aromatic carbocycles. The predicted molar refractivity (Wildman–Crippen MR) is 64.3 cm³/mol. The van der Waals surface area contributed by atoms with Gasteiger partial charge in [0.15, 0.2) is 5.92 Å². The first-order chi connectivity index (χ1) is 9.18. The summed E-state index contributed by atoms with van der Waals surface area (Å²) in [5.41, 5.74) is 0. The van der Waals surface area contributed by atoms with Crippen LogP contribution in [0.2, 0.25) is 0 Å². The molecule has 1 saturated carbocycles. The first kappa shape index (κ1) is 17.6. The van der Waals surface area contributed by atoms with E-state index < -0.39 is 30.2 Å². The van der Waals surface area contributed by atoms with Crippen LogP contribution in [0.1, 0.15) is 45.4 Å². The minimum Gasteiger partial charge on any atom is -0.313 e. The summed E-state index contributed by atoms with van der Waals surface area (Å²) in [6.45, 7) is 1.89. The Kier molecular flexibility index (Phi) is 6.16. The third kappa shape index (κ3) is 4.82. The van der Waals surface area contributed by atoms with Gasteiger partial charge in [-0.1, -0.05) is 26.2 Å². The molecule has 1 unspecified atom stereocenters. The van der Waals surface area contributed by atoms with E-state index in [1.54, 1.807) is 6.92 Å². The zero-order valence-electron chi connectivity index (χ0n) is 11.4. The van der Waals surface area contributed by atoms with Crippen molar-refractivity contribution in [3.63, 3.8) is 0 Å². The number of halogens is 6. The smallest absolute Gasteiger partial charge is 0.313 e. The van der Waals surface area contributed by atoms with Crippen molar-refractivity contribution in [2.24, 2.45) is 11.8 Å². The maximum atomic E-state index is 12.9. The second kappa shape index (κ2) is 7.00. The first-order valence-corrected chi connectivity index (χ1v) is 7.04. The van der Waals surface area contributed by atoms with Gasteiger partial charge < -0.3 is 5.32 Å². The first-order valence-electron chi connectivity index (χ1n) is 7.04. The van der Waals surface area contributed by atoms with Gasteiger partial charge in [0.1, 0.15) is 0 Å². The van der Waals surface area contributed by atoms with Gasteiger partial charge in [0.2, 0.25) is 0 Å². The standard InChI is InChI=1S/C13H21F6N/c1-2-8-20-10(9-6-4-3-5-7-9)11(12(14,15)16)13(17,18)19/h9-11,20H,2-8H2,1H3. The van der Waals surface area contributed by atoms with Crippen molar-refractivity contribution in [1.29, 1.82) is 0 Å². The lowest BCUT2D eigenvalue weighted by atomic mass is 9.78. The van der Waals surface area contributed by atoms with Crippen LogP contribution in [-0.4, -0.2) is 24.9 Å². The number of hydrogen-bond donors (Lipinski definition) is 1. The molecular formula is C13H21F6N. The highest BCUT2D eigenvalue weighted by Crippen LogP contribution is 2.45. The Labute approximate surface area is 115 Å². The Hall–Kier alpha value is -0.460. The normalized spacial score (nSPS) is 20.4. The zero-order valence-corrected chi connectivity index (χ0v) is 11.4. The fraction of sp³-hybridized carbons (Fsp3) is 1.00. The summed E-state index contributed by atoms with van der Waals surface area (Å²) < 4.78 is 77.3. The minimum atomic E-state index is -5.26. The summed E-state index contributed by atoms with van der Waals surface area (Å²) in [7, 11) is 0. The summed E-state index contributed by atoms with van der Waals surface area (Å²) in [6.07, 6.45) is -6.85. The number of nitrogens with one attached hydrogen (secondary N) is 1. The highest BCUT2D eigenvalue weighted by molar-refractivity contribution is 4.92. The maximum Gasteiger partial charge on any atom is 0.402 e. The molecule has 1 nitrogen and oxygen atoms in total. The van der Waals surface area contributed by atoms with Gasteiger partial charge in [-0.15, -0.1) is 0 Å². The van der Waals surface area contributed by atoms with Crippen LogP contribution in [0.15, 0.2) is 0 Å². The molecule has 1 aliphatic rings. The molecule has 0 saturated heterocycles. The molecule has 7 heteroatoms. The molecule has 1 rings (SSSR count). The summed E-state index contributed by atoms with van der Waals surface area (Å²) in [4.78, 5) is 0. The van der Waals surface area contributed by atoms with Crippen molar-refractivity contribution in [3.8, 4) is 0 Å². The van der Waals surface area contributed by atoms with Crippen molar-refractivity contribution in [3.05, 3.63) is 0 Å². The van der Waals surface area contributed by atoms with Gasteiger partial charge >= 0.3 is 12.4 Å². The number of alkyl halides is 6. The lowest BCUT2D eigenvalue weighted by Crippen LogP contribution is -2.54. The van der Waals surface area contributed by atoms with Crippen LogP contribution < -0.4 is 5.32 Å². The summed E-state index contributed by atoms with van der Waals surface area (Å²) in [6, 6.07) is -1.56. The van der Waals surface area contributed by atoms with E-state index in [0.717, 1.165) is 6.42 Å². The molecule has 0 amide bonds. The predicted octanol–water partition coefficient (Wildman–Crippen LogP) is 4.68. The molecule has 0 spiro atoms. The molecule has 1 N–H and O–H groups in total. The largest absolute Gasteiger partial charge is 0.402 e. The van der Waals surface area contributed by atoms with Crippen molar-refractivity contribution < 1.29 is 26.3 Å². The molecule has 1 aliphatic carbocycles. The van der Waals surface area contributed by atoms with E-state index in [2.05, 4.69) is 5.32 Å². The Morgan fingerprint density at radius 1 is 0.950 bits per heavy atom. The third-order valence-electron chi connectivity index (χ3n) is 3.85. The van der Waals surface area contributed by atoms with Crippen LogP contribution in [0.4, 0.5) is 26.3 Å². The molecule has 1 fully saturated rings. The Morgan fingerprint density at radius 2 is 1.45 bits per heavy atom. The Morgan fingerprint density at radius 3 is 1.85 bits per heavy atom. The topological polar surface area (TPSA) is 12.0 Å². The second-order valence-corrected chi connectivity index (χ2v) is 5.44. The minimum absolute atomic E-state index is 0.170. The molecule has 0 radical (unpaired) electrons. The van der Waals surface area contributed by atoms with E-state index in [0.29, 0.717) is 32.1 Å². The van der Waals surface area contributed by atoms with Crippen LogP contribution in [0, 0.1) is 11.8 Å². The Balaban J connectivity index is 2.97. The van der Waals surface area contributed by atoms with Gasteiger partial charge in [-0.3, -0.25) is 0 Å². The molecular weight excluding hydrogens is 284 g/mol. The summed E-state index contributed by atoms with van der Waals surface area (Å²) in [5, 5.41) is 2.51. The van der Waals surface area contributed by atoms with Crippen LogP contribution >= 0.6 is 0 Å². The maximum absolute atomic E-state index is 12.9. The van der Waals surface area contributed by atoms with E-state index in [-0.39, 0.29) is 6.54 Å². The molecule has 120 valence electrons. The van der Waals surface area contributed by atoms with Crippen molar-refractivity contribution in [2.75, 3.05) is 6.54 Å². The van der Waals surface area contributed by atoms with Gasteiger partial charge in [-0.25, -0.2) is 0 Å². The van der Waals surface area contributed by atoms with Gasteiger partial charge in [0.05, 0.1) is 0 Å². The number of rotatable bonds is 5. The van der Waals surface area contributed by atoms with Gasteiger partial charge in [-0.05, 0) is 31.7 Å². The number of hydrogen-bond acceptors (Lipinski definition) is 1. The Bertz CT molecular complexity index is 266. The van der Waals surface area contributed by atoms with Crippen LogP contribution in [0.5, 0.6) is 0 Å². The molecule has 0 bridgehead atoms. The average molecular weight is 305 g/mol. The molecule has 1 atom stereocenters. The molecule has 20 heavy (non-hydrogen) atoms. The SMILES string of the molecule is CCCNC(C1CCCCC1)C(C(F)(F)F)C(F)(F)F. The zero-order chi connectivity index (χ0) is 15.4. The van der Waals surface area contributed by atoms with E-state index in [1.165, 1.54) is 0 Å². The van der Waals surface area contributed by atoms with E-state index in [9.17, 15) is 26.3 Å². The monoisotopic (exact) mass is 305 g/mol. The highest BCUT2D eigenvalue weighted by Gasteiger charge is 2.61. The molecule has 0 aromatic heterocycles. The van der Waals surface area contributed by atoms with E-state index in [1.807, 2.05) is 0 Å². The van der Waals surface area contributed by atoms with Gasteiger partial charge in [0.25, 0.3) is 0 Å². The lowest BCUT2D eigenvalue weighted by Gasteiger charge is -2.38. The second-order valence-electron chi connectivity index (χ2n) is 5.44. The summed E-state index contributed by atoms with van der Waals surface area (Å²) in [5.74, 6) is -3.83. The fourth-order valence-corrected chi connectivity index (χ4v) is 2.95. The van der Waals surface area contributed by atoms with Crippen molar-refractivity contribution in [1.82, 2.24) is 5.32 Å². The van der Waals surface area contributed by atoms with Crippen LogP contribution in [-0.2, 0) is 0 Å². The van der Waals surface area contributed by atoms with Gasteiger partial charge in [0, 0.05) is 6.04 Å². The molecule has 0 heterocycles. The fourth-order valence-electron chi connectivity index (χ4n) is 2.95. The molecule has 0 aliphatic heterocycles. The van der Waals surface area contributed by atoms with Crippen molar-refractivity contribution >= 4 is 0 Å². The third-order valence-corrected chi connectivity index (χ3v) is 3.85. The lowest BCUT2D eigenvalue weighted by molar-refractivity contribution is -0.295. The van der Waals surface area contributed by atoms with Crippen LogP contribution in [0.3, 0.4) is 0 Å². The van der Waals surface area contributed by atoms with E-state index >= 15 is 0 Å². The van der Waals surface area contributed by atoms with Crippen LogP contribution in [0.25, 0.3) is 0 Å². The van der Waals surface area contributed by atoms with Crippen molar-refractivity contribution in [2.45, 2.75) is 63.8 Å². The quantitative estimate of drug-likeness (QED) is 0.727. The summed E-state index contributed by atoms with van der Waals surface area (Å²) >= 11 is 0. The van der Waals surface area contributed by atoms with E-state index in [4.69, 9.17) is 0 Å².